The van der Waals surface area contributed by atoms with Gasteiger partial charge in [-0.2, -0.15) is 0 Å². The minimum Gasteiger partial charge on any atom is -0.391 e. The molecule has 0 aromatic heterocycles. The van der Waals surface area contributed by atoms with Gasteiger partial charge in [0.2, 0.25) is 11.8 Å². The van der Waals surface area contributed by atoms with Crippen LogP contribution in [0.4, 0.5) is 0 Å². The van der Waals surface area contributed by atoms with Crippen molar-refractivity contribution < 1.29 is 19.5 Å². The van der Waals surface area contributed by atoms with Crippen LogP contribution in [0.5, 0.6) is 0 Å². The van der Waals surface area contributed by atoms with Crippen LogP contribution in [0.1, 0.15) is 68.4 Å². The lowest BCUT2D eigenvalue weighted by Crippen LogP contribution is -2.56. The van der Waals surface area contributed by atoms with E-state index in [-0.39, 0.29) is 18.5 Å². The van der Waals surface area contributed by atoms with E-state index in [1.807, 2.05) is 26.0 Å². The molecule has 38 heavy (non-hydrogen) atoms. The Morgan fingerprint density at radius 2 is 1.95 bits per heavy atom. The molecule has 5 atom stereocenters. The number of rotatable bonds is 3. The predicted molar refractivity (Wildman–Crippen MR) is 148 cm³/mol. The summed E-state index contributed by atoms with van der Waals surface area (Å²) < 4.78 is 0. The van der Waals surface area contributed by atoms with E-state index >= 15 is 0 Å². The second-order valence-electron chi connectivity index (χ2n) is 12.2. The number of aryl methyl sites for hydroxylation is 2. The van der Waals surface area contributed by atoms with Crippen LogP contribution in [0.15, 0.2) is 29.8 Å². The fraction of sp³-hybridized carbons (Fsp3) is 0.633. The molecule has 5 rings (SSSR count). The van der Waals surface area contributed by atoms with Gasteiger partial charge in [-0.25, -0.2) is 0 Å². The van der Waals surface area contributed by atoms with Crippen molar-refractivity contribution in [3.63, 3.8) is 0 Å². The molecule has 0 saturated heterocycles. The van der Waals surface area contributed by atoms with Crippen molar-refractivity contribution in [2.45, 2.75) is 78.5 Å². The number of nitrogens with one attached hydrogen (secondary N) is 3. The number of carbonyl (C=O) groups is 3. The molecule has 3 amide bonds. The Hall–Kier alpha value is -2.71. The van der Waals surface area contributed by atoms with Crippen LogP contribution in [0.2, 0.25) is 0 Å². The second kappa shape index (κ2) is 11.6. The molecule has 4 bridgehead atoms. The van der Waals surface area contributed by atoms with E-state index in [1.165, 1.54) is 18.9 Å². The Bertz CT molecular complexity index is 1100. The maximum absolute atomic E-state index is 13.1. The lowest BCUT2D eigenvalue weighted by atomic mass is 9.49. The summed E-state index contributed by atoms with van der Waals surface area (Å²) in [5.74, 6) is 0.405. The highest BCUT2D eigenvalue weighted by Gasteiger charge is 2.51. The average Bonchev–Trinajstić information content (AvgIpc) is 2.84. The number of aliphatic hydroxyl groups is 1. The molecule has 1 fully saturated rings. The third kappa shape index (κ3) is 6.29. The Morgan fingerprint density at radius 3 is 2.63 bits per heavy atom. The first kappa shape index (κ1) is 28.3. The van der Waals surface area contributed by atoms with E-state index in [4.69, 9.17) is 0 Å². The van der Waals surface area contributed by atoms with Crippen molar-refractivity contribution in [3.8, 4) is 0 Å². The van der Waals surface area contributed by atoms with Crippen molar-refractivity contribution in [3.05, 3.63) is 46.5 Å². The van der Waals surface area contributed by atoms with E-state index in [9.17, 15) is 19.5 Å². The van der Waals surface area contributed by atoms with Gasteiger partial charge in [-0.1, -0.05) is 31.6 Å². The highest BCUT2D eigenvalue weighted by atomic mass is 16.3. The Balaban J connectivity index is 1.53. The standard InChI is InChI=1S/C30H44N4O4/c1-18-8-9-22-13-21(18)7-6-12-31-26(36)17-34(16-23-10-11-24-14-25(23)30(24,4)5)15-19(2)32-29(38)27(20(3)35)33-28(22)37/h8-10,13,19-20,24-25,27,35H,6-7,11-12,14-17H2,1-5H3,(H,31,36)(H,32,38)(H,33,37)/t19-,20-,24+,25+,27+/m1/s1. The second-order valence-corrected chi connectivity index (χ2v) is 12.2. The van der Waals surface area contributed by atoms with Crippen molar-refractivity contribution in [2.24, 2.45) is 17.3 Å². The molecule has 0 radical (unpaired) electrons. The summed E-state index contributed by atoms with van der Waals surface area (Å²) >= 11 is 0. The zero-order chi connectivity index (χ0) is 27.6. The van der Waals surface area contributed by atoms with E-state index in [0.29, 0.717) is 36.5 Å². The lowest BCUT2D eigenvalue weighted by Gasteiger charge is -2.57. The number of carbonyl (C=O) groups excluding carboxylic acids is 3. The first-order valence-corrected chi connectivity index (χ1v) is 14.0. The molecule has 208 valence electrons. The molecule has 1 aromatic rings. The Kier molecular flexibility index (Phi) is 8.62. The molecule has 1 aromatic carbocycles. The first-order chi connectivity index (χ1) is 18.0. The highest BCUT2D eigenvalue weighted by Crippen LogP contribution is 2.59. The van der Waals surface area contributed by atoms with Crippen molar-refractivity contribution >= 4 is 17.7 Å². The number of allylic oxidation sites excluding steroid dienone is 1. The van der Waals surface area contributed by atoms with E-state index in [2.05, 4.69) is 40.8 Å². The maximum atomic E-state index is 13.1. The molecule has 1 saturated carbocycles. The van der Waals surface area contributed by atoms with Crippen LogP contribution in [0, 0.1) is 24.2 Å². The number of fused-ring (bicyclic) bond motifs is 3. The molecule has 0 unspecified atom stereocenters. The van der Waals surface area contributed by atoms with Crippen LogP contribution in [-0.2, 0) is 16.0 Å². The van der Waals surface area contributed by atoms with Crippen LogP contribution in [-0.4, -0.2) is 72.1 Å². The summed E-state index contributed by atoms with van der Waals surface area (Å²) in [6.45, 7) is 12.0. The van der Waals surface area contributed by atoms with Crippen LogP contribution >= 0.6 is 0 Å². The number of hydrogen-bond acceptors (Lipinski definition) is 5. The zero-order valence-corrected chi connectivity index (χ0v) is 23.5. The predicted octanol–water partition coefficient (Wildman–Crippen LogP) is 2.34. The monoisotopic (exact) mass is 524 g/mol. The summed E-state index contributed by atoms with van der Waals surface area (Å²) in [5.41, 5.74) is 4.21. The number of amides is 3. The lowest BCUT2D eigenvalue weighted by molar-refractivity contribution is -0.126. The quantitative estimate of drug-likeness (QED) is 0.454. The Morgan fingerprint density at radius 1 is 1.18 bits per heavy atom. The topological polar surface area (TPSA) is 111 Å². The molecule has 3 aliphatic carbocycles. The molecule has 4 aliphatic rings. The summed E-state index contributed by atoms with van der Waals surface area (Å²) in [5, 5.41) is 19.1. The largest absolute Gasteiger partial charge is 0.391 e. The fourth-order valence-corrected chi connectivity index (χ4v) is 6.34. The molecule has 8 nitrogen and oxygen atoms in total. The summed E-state index contributed by atoms with van der Waals surface area (Å²) in [6.07, 6.45) is 5.05. The van der Waals surface area contributed by atoms with Crippen LogP contribution < -0.4 is 16.0 Å². The number of aliphatic hydroxyl groups excluding tert-OH is 1. The van der Waals surface area contributed by atoms with E-state index in [1.54, 1.807) is 6.07 Å². The van der Waals surface area contributed by atoms with Gasteiger partial charge in [0.25, 0.3) is 5.91 Å². The molecular formula is C30H44N4O4. The minimum absolute atomic E-state index is 0.0285. The van der Waals surface area contributed by atoms with Gasteiger partial charge in [-0.3, -0.25) is 19.3 Å². The number of nitrogens with zero attached hydrogens (tertiary/aromatic N) is 1. The normalized spacial score (nSPS) is 29.6. The maximum Gasteiger partial charge on any atom is 0.252 e. The van der Waals surface area contributed by atoms with E-state index < -0.39 is 24.0 Å². The molecule has 0 spiro atoms. The Labute approximate surface area is 226 Å². The molecule has 4 N–H and O–H groups in total. The van der Waals surface area contributed by atoms with Gasteiger partial charge < -0.3 is 21.1 Å². The highest BCUT2D eigenvalue weighted by molar-refractivity contribution is 5.98. The minimum atomic E-state index is -1.09. The van der Waals surface area contributed by atoms with Crippen molar-refractivity contribution in [2.75, 3.05) is 26.2 Å². The van der Waals surface area contributed by atoms with Gasteiger partial charge in [0.05, 0.1) is 12.6 Å². The van der Waals surface area contributed by atoms with Gasteiger partial charge in [0.1, 0.15) is 6.04 Å². The average molecular weight is 525 g/mol. The van der Waals surface area contributed by atoms with Gasteiger partial charge in [-0.15, -0.1) is 0 Å². The third-order valence-electron chi connectivity index (χ3n) is 8.88. The van der Waals surface area contributed by atoms with Gasteiger partial charge in [-0.05, 0) is 87.0 Å². The summed E-state index contributed by atoms with van der Waals surface area (Å²) in [7, 11) is 0. The van der Waals surface area contributed by atoms with Crippen molar-refractivity contribution in [1.29, 1.82) is 0 Å². The molecule has 8 heteroatoms. The smallest absolute Gasteiger partial charge is 0.252 e. The summed E-state index contributed by atoms with van der Waals surface area (Å²) in [4.78, 5) is 41.2. The van der Waals surface area contributed by atoms with Crippen molar-refractivity contribution in [1.82, 2.24) is 20.9 Å². The van der Waals surface area contributed by atoms with Gasteiger partial charge >= 0.3 is 0 Å². The van der Waals surface area contributed by atoms with Gasteiger partial charge in [0, 0.05) is 31.2 Å². The fourth-order valence-electron chi connectivity index (χ4n) is 6.34. The van der Waals surface area contributed by atoms with E-state index in [0.717, 1.165) is 36.3 Å². The molecule has 1 aliphatic heterocycles. The molecular weight excluding hydrogens is 480 g/mol. The van der Waals surface area contributed by atoms with Crippen LogP contribution in [0.3, 0.4) is 0 Å². The third-order valence-corrected chi connectivity index (χ3v) is 8.88. The summed E-state index contributed by atoms with van der Waals surface area (Å²) in [6, 6.07) is 4.07. The molecule has 1 heterocycles. The van der Waals surface area contributed by atoms with Crippen LogP contribution in [0.25, 0.3) is 0 Å². The first-order valence-electron chi connectivity index (χ1n) is 14.0. The zero-order valence-electron chi connectivity index (χ0n) is 23.5. The number of benzene rings is 1. The number of hydrogen-bond donors (Lipinski definition) is 4. The SMILES string of the molecule is Cc1ccc2cc1CCCNC(=O)CN(CC1=CC[C@H]3C[C@@H]1C3(C)C)C[C@@H](C)NC(=O)[C@H]([C@@H](C)O)NC2=O. The van der Waals surface area contributed by atoms with Gasteiger partial charge in [0.15, 0.2) is 0 Å².